The van der Waals surface area contributed by atoms with Gasteiger partial charge in [-0.15, -0.1) is 0 Å². The first-order chi connectivity index (χ1) is 11.2. The van der Waals surface area contributed by atoms with E-state index in [1.165, 1.54) is 24.3 Å². The van der Waals surface area contributed by atoms with Crippen molar-refractivity contribution in [2.45, 2.75) is 49.8 Å². The molecule has 8 nitrogen and oxygen atoms in total. The van der Waals surface area contributed by atoms with E-state index in [2.05, 4.69) is 10.0 Å². The van der Waals surface area contributed by atoms with E-state index in [-0.39, 0.29) is 17.4 Å². The van der Waals surface area contributed by atoms with Crippen LogP contribution in [-0.4, -0.2) is 43.7 Å². The van der Waals surface area contributed by atoms with Gasteiger partial charge in [0.05, 0.1) is 4.90 Å². The fourth-order valence-electron chi connectivity index (χ4n) is 2.33. The first-order valence-corrected chi connectivity index (χ1v) is 8.99. The SMILES string of the molecule is CC(C)NS(=O)(=O)c1ccc(NC(=O)[C@@H]2CC[C@H](C(=O)O)O2)cc1. The maximum atomic E-state index is 12.1. The third kappa shape index (κ3) is 4.53. The summed E-state index contributed by atoms with van der Waals surface area (Å²) in [5, 5.41) is 11.4. The summed E-state index contributed by atoms with van der Waals surface area (Å²) in [6, 6.07) is 5.48. The summed E-state index contributed by atoms with van der Waals surface area (Å²) in [5.41, 5.74) is 0.408. The van der Waals surface area contributed by atoms with Crippen LogP contribution in [0.1, 0.15) is 26.7 Å². The van der Waals surface area contributed by atoms with Crippen LogP contribution in [0.15, 0.2) is 29.2 Å². The predicted molar refractivity (Wildman–Crippen MR) is 86.1 cm³/mol. The molecule has 1 aliphatic rings. The highest BCUT2D eigenvalue weighted by molar-refractivity contribution is 7.89. The van der Waals surface area contributed by atoms with Gasteiger partial charge < -0.3 is 15.2 Å². The van der Waals surface area contributed by atoms with Gasteiger partial charge >= 0.3 is 5.97 Å². The van der Waals surface area contributed by atoms with Crippen molar-refractivity contribution in [1.82, 2.24) is 4.72 Å². The van der Waals surface area contributed by atoms with Gasteiger partial charge in [-0.3, -0.25) is 4.79 Å². The van der Waals surface area contributed by atoms with E-state index in [1.807, 2.05) is 0 Å². The molecule has 0 spiro atoms. The maximum Gasteiger partial charge on any atom is 0.332 e. The molecule has 132 valence electrons. The van der Waals surface area contributed by atoms with E-state index >= 15 is 0 Å². The third-order valence-electron chi connectivity index (χ3n) is 3.41. The maximum absolute atomic E-state index is 12.1. The van der Waals surface area contributed by atoms with Crippen LogP contribution in [0, 0.1) is 0 Å². The van der Waals surface area contributed by atoms with Crippen LogP contribution in [0.4, 0.5) is 5.69 Å². The van der Waals surface area contributed by atoms with Crippen LogP contribution < -0.4 is 10.0 Å². The molecule has 0 aromatic heterocycles. The number of amides is 1. The van der Waals surface area contributed by atoms with E-state index < -0.39 is 34.1 Å². The lowest BCUT2D eigenvalue weighted by Gasteiger charge is -2.13. The Hall–Kier alpha value is -1.97. The lowest BCUT2D eigenvalue weighted by atomic mass is 10.2. The molecule has 1 aromatic rings. The Morgan fingerprint density at radius 1 is 1.17 bits per heavy atom. The molecule has 0 aliphatic carbocycles. The first kappa shape index (κ1) is 18.4. The molecular weight excluding hydrogens is 336 g/mol. The van der Waals surface area contributed by atoms with E-state index in [9.17, 15) is 18.0 Å². The standard InChI is InChI=1S/C15H20N2O6S/c1-9(2)17-24(21,22)11-5-3-10(4-6-11)16-14(18)12-7-8-13(23-12)15(19)20/h3-6,9,12-13,17H,7-8H2,1-2H3,(H,16,18)(H,19,20)/t12-,13+/m0/s1. The van der Waals surface area contributed by atoms with Crippen molar-refractivity contribution >= 4 is 27.6 Å². The van der Waals surface area contributed by atoms with Gasteiger partial charge in [0.15, 0.2) is 6.10 Å². The minimum Gasteiger partial charge on any atom is -0.479 e. The monoisotopic (exact) mass is 356 g/mol. The van der Waals surface area contributed by atoms with Crippen LogP contribution in [-0.2, 0) is 24.3 Å². The fraction of sp³-hybridized carbons (Fsp3) is 0.467. The molecule has 0 radical (unpaired) electrons. The zero-order valence-corrected chi connectivity index (χ0v) is 14.2. The summed E-state index contributed by atoms with van der Waals surface area (Å²) in [6.07, 6.45) is -1.17. The molecule has 1 fully saturated rings. The lowest BCUT2D eigenvalue weighted by molar-refractivity contribution is -0.150. The third-order valence-corrected chi connectivity index (χ3v) is 5.08. The minimum atomic E-state index is -3.59. The Morgan fingerprint density at radius 3 is 2.25 bits per heavy atom. The van der Waals surface area contributed by atoms with Crippen molar-refractivity contribution in [3.05, 3.63) is 24.3 Å². The normalized spacial score (nSPS) is 21.0. The lowest BCUT2D eigenvalue weighted by Crippen LogP contribution is -2.30. The van der Waals surface area contributed by atoms with Crippen molar-refractivity contribution in [1.29, 1.82) is 0 Å². The number of hydrogen-bond acceptors (Lipinski definition) is 5. The van der Waals surface area contributed by atoms with Crippen molar-refractivity contribution in [2.24, 2.45) is 0 Å². The largest absolute Gasteiger partial charge is 0.479 e. The van der Waals surface area contributed by atoms with Gasteiger partial charge in [0.25, 0.3) is 5.91 Å². The van der Waals surface area contributed by atoms with Crippen LogP contribution in [0.5, 0.6) is 0 Å². The Bertz CT molecular complexity index is 714. The topological polar surface area (TPSA) is 122 Å². The summed E-state index contributed by atoms with van der Waals surface area (Å²) in [5.74, 6) is -1.54. The van der Waals surface area contributed by atoms with Crippen molar-refractivity contribution < 1.29 is 27.9 Å². The van der Waals surface area contributed by atoms with E-state index in [0.29, 0.717) is 12.1 Å². The number of carboxylic acid groups (broad SMARTS) is 1. The number of sulfonamides is 1. The van der Waals surface area contributed by atoms with Gasteiger partial charge in [0.1, 0.15) is 6.10 Å². The number of carbonyl (C=O) groups excluding carboxylic acids is 1. The van der Waals surface area contributed by atoms with Crippen molar-refractivity contribution in [3.8, 4) is 0 Å². The zero-order chi connectivity index (χ0) is 17.9. The second-order valence-electron chi connectivity index (χ2n) is 5.82. The van der Waals surface area contributed by atoms with Crippen LogP contribution in [0.25, 0.3) is 0 Å². The second kappa shape index (κ2) is 7.29. The van der Waals surface area contributed by atoms with Gasteiger partial charge in [-0.1, -0.05) is 0 Å². The van der Waals surface area contributed by atoms with Crippen molar-refractivity contribution in [3.63, 3.8) is 0 Å². The highest BCUT2D eigenvalue weighted by Crippen LogP contribution is 2.22. The van der Waals surface area contributed by atoms with Crippen LogP contribution in [0.2, 0.25) is 0 Å². The number of benzene rings is 1. The van der Waals surface area contributed by atoms with Gasteiger partial charge in [-0.05, 0) is 51.0 Å². The van der Waals surface area contributed by atoms with E-state index in [1.54, 1.807) is 13.8 Å². The molecule has 2 atom stereocenters. The summed E-state index contributed by atoms with van der Waals surface area (Å²) in [7, 11) is -3.59. The molecule has 1 amide bonds. The van der Waals surface area contributed by atoms with Crippen molar-refractivity contribution in [2.75, 3.05) is 5.32 Å². The number of anilines is 1. The molecule has 0 unspecified atom stereocenters. The number of rotatable bonds is 6. The van der Waals surface area contributed by atoms with Crippen LogP contribution >= 0.6 is 0 Å². The molecule has 1 aromatic carbocycles. The smallest absolute Gasteiger partial charge is 0.332 e. The molecule has 24 heavy (non-hydrogen) atoms. The molecule has 0 saturated carbocycles. The number of carbonyl (C=O) groups is 2. The molecule has 3 N–H and O–H groups in total. The zero-order valence-electron chi connectivity index (χ0n) is 13.4. The number of carboxylic acids is 1. The van der Waals surface area contributed by atoms with Gasteiger partial charge in [-0.25, -0.2) is 17.9 Å². The van der Waals surface area contributed by atoms with Gasteiger partial charge in [0, 0.05) is 11.7 Å². The Morgan fingerprint density at radius 2 is 1.75 bits per heavy atom. The summed E-state index contributed by atoms with van der Waals surface area (Å²) < 4.78 is 31.6. The highest BCUT2D eigenvalue weighted by atomic mass is 32.2. The number of aliphatic carboxylic acids is 1. The molecule has 1 heterocycles. The molecule has 1 aliphatic heterocycles. The number of nitrogens with one attached hydrogen (secondary N) is 2. The summed E-state index contributed by atoms with van der Waals surface area (Å²) in [4.78, 5) is 23.0. The molecule has 9 heteroatoms. The molecule has 0 bridgehead atoms. The van der Waals surface area contributed by atoms with E-state index in [0.717, 1.165) is 0 Å². The van der Waals surface area contributed by atoms with Crippen LogP contribution in [0.3, 0.4) is 0 Å². The summed E-state index contributed by atoms with van der Waals surface area (Å²) in [6.45, 7) is 3.44. The average Bonchev–Trinajstić information content (AvgIpc) is 2.96. The van der Waals surface area contributed by atoms with E-state index in [4.69, 9.17) is 9.84 Å². The van der Waals surface area contributed by atoms with Gasteiger partial charge in [-0.2, -0.15) is 0 Å². The number of hydrogen-bond donors (Lipinski definition) is 3. The predicted octanol–water partition coefficient (Wildman–Crippen LogP) is 0.944. The molecule has 2 rings (SSSR count). The quantitative estimate of drug-likeness (QED) is 0.697. The number of ether oxygens (including phenoxy) is 1. The second-order valence-corrected chi connectivity index (χ2v) is 7.53. The Balaban J connectivity index is 1.99. The summed E-state index contributed by atoms with van der Waals surface area (Å²) >= 11 is 0. The first-order valence-electron chi connectivity index (χ1n) is 7.50. The Labute approximate surface area is 140 Å². The minimum absolute atomic E-state index is 0.0947. The molecule has 1 saturated heterocycles. The molecular formula is C15H20N2O6S. The fourth-order valence-corrected chi connectivity index (χ4v) is 3.58. The highest BCUT2D eigenvalue weighted by Gasteiger charge is 2.34. The van der Waals surface area contributed by atoms with Gasteiger partial charge in [0.2, 0.25) is 10.0 Å². The average molecular weight is 356 g/mol. The Kier molecular flexibility index (Phi) is 5.58.